The van der Waals surface area contributed by atoms with E-state index in [1.807, 2.05) is 16.7 Å². The molecule has 0 saturated carbocycles. The molecule has 1 fully saturated rings. The Balaban J connectivity index is 2.07. The Morgan fingerprint density at radius 1 is 1.40 bits per heavy atom. The Bertz CT molecular complexity index is 755. The van der Waals surface area contributed by atoms with Gasteiger partial charge < -0.3 is 4.57 Å². The lowest BCUT2D eigenvalue weighted by molar-refractivity contribution is 0.565. The van der Waals surface area contributed by atoms with E-state index in [9.17, 15) is 8.42 Å². The average molecular weight is 333 g/mol. The second kappa shape index (κ2) is 5.20. The van der Waals surface area contributed by atoms with E-state index in [1.165, 1.54) is 0 Å². The molecule has 0 N–H and O–H groups in total. The molecule has 1 unspecified atom stereocenters. The lowest BCUT2D eigenvalue weighted by Crippen LogP contribution is -2.23. The Labute approximate surface area is 127 Å². The van der Waals surface area contributed by atoms with Crippen molar-refractivity contribution >= 4 is 44.1 Å². The largest absolute Gasteiger partial charge is 0.326 e. The molecule has 20 heavy (non-hydrogen) atoms. The van der Waals surface area contributed by atoms with E-state index >= 15 is 0 Å². The summed E-state index contributed by atoms with van der Waals surface area (Å²) in [5.74, 6) is 1.21. The number of halogens is 2. The van der Waals surface area contributed by atoms with Crippen LogP contribution in [0.1, 0.15) is 18.7 Å². The Kier molecular flexibility index (Phi) is 3.69. The minimum atomic E-state index is -2.99. The van der Waals surface area contributed by atoms with Gasteiger partial charge in [0.2, 0.25) is 0 Å². The van der Waals surface area contributed by atoms with Gasteiger partial charge in [-0.25, -0.2) is 13.4 Å². The molecular formula is C13H14Cl2N2O2S. The van der Waals surface area contributed by atoms with E-state index in [0.717, 1.165) is 17.5 Å². The van der Waals surface area contributed by atoms with Gasteiger partial charge in [-0.3, -0.25) is 0 Å². The van der Waals surface area contributed by atoms with E-state index in [2.05, 4.69) is 4.98 Å². The molecule has 0 amide bonds. The predicted molar refractivity (Wildman–Crippen MR) is 81.1 cm³/mol. The summed E-state index contributed by atoms with van der Waals surface area (Å²) < 4.78 is 25.9. The fraction of sp³-hybridized carbons (Fsp3) is 0.462. The highest BCUT2D eigenvalue weighted by atomic mass is 35.5. The number of rotatable bonds is 3. The highest BCUT2D eigenvalue weighted by Gasteiger charge is 2.32. The molecule has 3 rings (SSSR count). The van der Waals surface area contributed by atoms with Gasteiger partial charge in [0.15, 0.2) is 9.84 Å². The number of benzene rings is 1. The zero-order valence-corrected chi connectivity index (χ0v) is 13.0. The molecule has 0 radical (unpaired) electrons. The van der Waals surface area contributed by atoms with E-state index in [4.69, 9.17) is 23.2 Å². The molecule has 4 nitrogen and oxygen atoms in total. The van der Waals surface area contributed by atoms with Gasteiger partial charge in [0.1, 0.15) is 5.82 Å². The molecule has 0 bridgehead atoms. The second-order valence-corrected chi connectivity index (χ2v) is 8.14. The van der Waals surface area contributed by atoms with Gasteiger partial charge in [-0.2, -0.15) is 0 Å². The fourth-order valence-corrected chi connectivity index (χ4v) is 4.89. The van der Waals surface area contributed by atoms with Crippen LogP contribution in [0.3, 0.4) is 0 Å². The summed E-state index contributed by atoms with van der Waals surface area (Å²) in [5, 5.41) is 0.259. The van der Waals surface area contributed by atoms with Gasteiger partial charge in [-0.05, 0) is 31.0 Å². The molecule has 1 atom stereocenters. The van der Waals surface area contributed by atoms with Gasteiger partial charge >= 0.3 is 0 Å². The molecule has 7 heteroatoms. The number of hydrogen-bond acceptors (Lipinski definition) is 3. The van der Waals surface area contributed by atoms with Crippen LogP contribution >= 0.6 is 23.2 Å². The van der Waals surface area contributed by atoms with Crippen molar-refractivity contribution in [2.75, 3.05) is 5.75 Å². The minimum absolute atomic E-state index is 0.249. The van der Waals surface area contributed by atoms with Crippen molar-refractivity contribution in [2.24, 2.45) is 0 Å². The van der Waals surface area contributed by atoms with Crippen molar-refractivity contribution < 1.29 is 8.42 Å². The lowest BCUT2D eigenvalue weighted by atomic mass is 10.2. The zero-order valence-electron chi connectivity index (χ0n) is 10.7. The molecule has 1 aromatic carbocycles. The third-order valence-electron chi connectivity index (χ3n) is 3.76. The van der Waals surface area contributed by atoms with Crippen molar-refractivity contribution in [1.29, 1.82) is 0 Å². The molecule has 2 aromatic rings. The standard InChI is InChI=1S/C13H14Cl2N2O2S/c14-7-13-16-11-4-3-9(15)6-12(11)17(13)8-10-2-1-5-20(10,18)19/h3-4,6,10H,1-2,5,7-8H2. The number of imidazole rings is 1. The second-order valence-electron chi connectivity index (χ2n) is 5.04. The SMILES string of the molecule is O=S1(=O)CCCC1Cn1c(CCl)nc2ccc(Cl)cc21. The zero-order chi connectivity index (χ0) is 14.3. The van der Waals surface area contributed by atoms with Gasteiger partial charge in [0.25, 0.3) is 0 Å². The van der Waals surface area contributed by atoms with E-state index < -0.39 is 9.84 Å². The smallest absolute Gasteiger partial charge is 0.154 e. The number of nitrogens with zero attached hydrogens (tertiary/aromatic N) is 2. The van der Waals surface area contributed by atoms with Gasteiger partial charge in [-0.1, -0.05) is 11.6 Å². The molecular weight excluding hydrogens is 319 g/mol. The molecule has 1 aliphatic rings. The van der Waals surface area contributed by atoms with E-state index in [-0.39, 0.29) is 16.9 Å². The van der Waals surface area contributed by atoms with Gasteiger partial charge in [0, 0.05) is 11.6 Å². The number of fused-ring (bicyclic) bond motifs is 1. The third kappa shape index (κ3) is 2.43. The summed E-state index contributed by atoms with van der Waals surface area (Å²) in [6.07, 6.45) is 1.43. The summed E-state index contributed by atoms with van der Waals surface area (Å²) in [6.45, 7) is 0.404. The minimum Gasteiger partial charge on any atom is -0.326 e. The summed E-state index contributed by atoms with van der Waals surface area (Å²) in [6, 6.07) is 5.40. The Hall–Kier alpha value is -0.780. The first-order valence-electron chi connectivity index (χ1n) is 6.43. The predicted octanol–water partition coefficient (Wildman–Crippen LogP) is 3.01. The van der Waals surface area contributed by atoms with Crippen molar-refractivity contribution in [3.05, 3.63) is 29.0 Å². The first-order valence-corrected chi connectivity index (χ1v) is 9.06. The molecule has 1 aromatic heterocycles. The number of sulfone groups is 1. The summed E-state index contributed by atoms with van der Waals surface area (Å²) in [4.78, 5) is 4.44. The molecule has 1 aliphatic heterocycles. The summed E-state index contributed by atoms with van der Waals surface area (Å²) in [5.41, 5.74) is 1.63. The average Bonchev–Trinajstić information content (AvgIpc) is 2.91. The van der Waals surface area contributed by atoms with Gasteiger partial charge in [0.05, 0.1) is 27.9 Å². The maximum Gasteiger partial charge on any atom is 0.154 e. The van der Waals surface area contributed by atoms with Crippen LogP contribution in [0.2, 0.25) is 5.02 Å². The maximum atomic E-state index is 12.0. The van der Waals surface area contributed by atoms with Crippen LogP contribution in [0.5, 0.6) is 0 Å². The van der Waals surface area contributed by atoms with Crippen molar-refractivity contribution in [3.63, 3.8) is 0 Å². The number of alkyl halides is 1. The Morgan fingerprint density at radius 2 is 2.20 bits per heavy atom. The first kappa shape index (κ1) is 14.2. The molecule has 0 aliphatic carbocycles. The molecule has 108 valence electrons. The van der Waals surface area contributed by atoms with Crippen molar-refractivity contribution in [2.45, 2.75) is 30.5 Å². The number of hydrogen-bond donors (Lipinski definition) is 0. The lowest BCUT2D eigenvalue weighted by Gasteiger charge is -2.13. The molecule has 0 spiro atoms. The monoisotopic (exact) mass is 332 g/mol. The number of aromatic nitrogens is 2. The van der Waals surface area contributed by atoms with Crippen molar-refractivity contribution in [3.8, 4) is 0 Å². The highest BCUT2D eigenvalue weighted by Crippen LogP contribution is 2.26. The maximum absolute atomic E-state index is 12.0. The van der Waals surface area contributed by atoms with Crippen LogP contribution in [0.15, 0.2) is 18.2 Å². The Morgan fingerprint density at radius 3 is 2.85 bits per heavy atom. The van der Waals surface area contributed by atoms with E-state index in [0.29, 0.717) is 23.8 Å². The van der Waals surface area contributed by atoms with Crippen LogP contribution in [0.4, 0.5) is 0 Å². The fourth-order valence-electron chi connectivity index (χ4n) is 2.72. The van der Waals surface area contributed by atoms with Crippen LogP contribution in [0.25, 0.3) is 11.0 Å². The summed E-state index contributed by atoms with van der Waals surface area (Å²) in [7, 11) is -2.99. The first-order chi connectivity index (χ1) is 9.51. The van der Waals surface area contributed by atoms with Crippen LogP contribution in [0, 0.1) is 0 Å². The quantitative estimate of drug-likeness (QED) is 0.812. The molecule has 2 heterocycles. The molecule has 1 saturated heterocycles. The third-order valence-corrected chi connectivity index (χ3v) is 6.49. The van der Waals surface area contributed by atoms with Crippen LogP contribution < -0.4 is 0 Å². The van der Waals surface area contributed by atoms with Gasteiger partial charge in [-0.15, -0.1) is 11.6 Å². The highest BCUT2D eigenvalue weighted by molar-refractivity contribution is 7.92. The normalized spacial score (nSPS) is 21.6. The summed E-state index contributed by atoms with van der Waals surface area (Å²) >= 11 is 12.0. The van der Waals surface area contributed by atoms with Crippen LogP contribution in [-0.4, -0.2) is 29.0 Å². The van der Waals surface area contributed by atoms with Crippen LogP contribution in [-0.2, 0) is 22.3 Å². The van der Waals surface area contributed by atoms with E-state index in [1.54, 1.807) is 6.07 Å². The van der Waals surface area contributed by atoms with Crippen molar-refractivity contribution in [1.82, 2.24) is 9.55 Å². The topological polar surface area (TPSA) is 52.0 Å².